The number of hydrogen-bond acceptors (Lipinski definition) is 5. The zero-order chi connectivity index (χ0) is 22.1. The average Bonchev–Trinajstić information content (AvgIpc) is 3.14. The number of halogens is 2. The highest BCUT2D eigenvalue weighted by Crippen LogP contribution is 2.31. The summed E-state index contributed by atoms with van der Waals surface area (Å²) in [5.41, 5.74) is 4.59. The summed E-state index contributed by atoms with van der Waals surface area (Å²) in [6, 6.07) is 12.9. The molecule has 4 aromatic rings. The predicted molar refractivity (Wildman–Crippen MR) is 124 cm³/mol. The van der Waals surface area contributed by atoms with Crippen LogP contribution in [0.3, 0.4) is 0 Å². The number of rotatable bonds is 5. The van der Waals surface area contributed by atoms with Gasteiger partial charge in [-0.3, -0.25) is 4.79 Å². The highest BCUT2D eigenvalue weighted by atomic mass is 79.9. The van der Waals surface area contributed by atoms with Crippen molar-refractivity contribution < 1.29 is 9.53 Å². The van der Waals surface area contributed by atoms with Crippen molar-refractivity contribution in [1.29, 1.82) is 0 Å². The first-order valence-electron chi connectivity index (χ1n) is 9.58. The van der Waals surface area contributed by atoms with Gasteiger partial charge in [-0.1, -0.05) is 46.6 Å². The van der Waals surface area contributed by atoms with Gasteiger partial charge in [0.05, 0.1) is 29.7 Å². The molecule has 0 fully saturated rings. The van der Waals surface area contributed by atoms with Crippen LogP contribution in [0.2, 0.25) is 5.02 Å². The van der Waals surface area contributed by atoms with Gasteiger partial charge in [0.15, 0.2) is 11.3 Å². The Morgan fingerprint density at radius 1 is 1.19 bits per heavy atom. The lowest BCUT2D eigenvalue weighted by molar-refractivity contribution is 0.101. The second kappa shape index (κ2) is 8.64. The Morgan fingerprint density at radius 3 is 2.61 bits per heavy atom. The molecule has 0 aliphatic carbocycles. The molecule has 0 aliphatic rings. The van der Waals surface area contributed by atoms with E-state index in [1.165, 1.54) is 7.11 Å². The number of carbonyl (C=O) groups excluding carboxylic acids is 1. The number of methoxy groups -OCH3 is 1. The fourth-order valence-corrected chi connectivity index (χ4v) is 3.81. The highest BCUT2D eigenvalue weighted by Gasteiger charge is 2.22. The fourth-order valence-electron chi connectivity index (χ4n) is 3.38. The summed E-state index contributed by atoms with van der Waals surface area (Å²) >= 11 is 9.53. The summed E-state index contributed by atoms with van der Waals surface area (Å²) in [6.45, 7) is 3.83. The summed E-state index contributed by atoms with van der Waals surface area (Å²) in [5, 5.41) is 16.6. The molecule has 0 spiro atoms. The molecule has 4 rings (SSSR count). The Bertz CT molecular complexity index is 1290. The Kier molecular flexibility index (Phi) is 5.93. The molecule has 158 valence electrons. The Hall–Kier alpha value is -2.97. The number of aromatic nitrogens is 4. The van der Waals surface area contributed by atoms with Gasteiger partial charge in [-0.25, -0.2) is 4.52 Å². The van der Waals surface area contributed by atoms with Crippen molar-refractivity contribution in [3.63, 3.8) is 0 Å². The van der Waals surface area contributed by atoms with E-state index in [1.807, 2.05) is 31.2 Å². The van der Waals surface area contributed by atoms with Crippen molar-refractivity contribution in [3.05, 3.63) is 69.0 Å². The van der Waals surface area contributed by atoms with Crippen LogP contribution in [0.15, 0.2) is 46.9 Å². The molecule has 2 aromatic carbocycles. The Morgan fingerprint density at radius 2 is 1.94 bits per heavy atom. The van der Waals surface area contributed by atoms with Gasteiger partial charge >= 0.3 is 0 Å². The summed E-state index contributed by atoms with van der Waals surface area (Å²) in [7, 11) is 1.52. The van der Waals surface area contributed by atoms with E-state index in [1.54, 1.807) is 29.6 Å². The van der Waals surface area contributed by atoms with Crippen LogP contribution in [0, 0.1) is 6.92 Å². The molecular formula is C22H19BrClN5O2. The number of benzene rings is 2. The van der Waals surface area contributed by atoms with Crippen LogP contribution in [-0.4, -0.2) is 32.8 Å². The average molecular weight is 501 g/mol. The molecule has 0 saturated carbocycles. The molecule has 0 radical (unpaired) electrons. The molecule has 0 atom stereocenters. The van der Waals surface area contributed by atoms with Gasteiger partial charge in [0.1, 0.15) is 5.75 Å². The van der Waals surface area contributed by atoms with E-state index in [4.69, 9.17) is 21.4 Å². The van der Waals surface area contributed by atoms with E-state index in [9.17, 15) is 4.79 Å². The number of fused-ring (bicyclic) bond motifs is 1. The highest BCUT2D eigenvalue weighted by molar-refractivity contribution is 9.10. The van der Waals surface area contributed by atoms with Crippen LogP contribution in [0.4, 0.5) is 5.69 Å². The molecule has 9 heteroatoms. The largest absolute Gasteiger partial charge is 0.495 e. The number of hydrogen-bond donors (Lipinski definition) is 1. The third kappa shape index (κ3) is 4.00. The predicted octanol–water partition coefficient (Wildman–Crippen LogP) is 5.34. The summed E-state index contributed by atoms with van der Waals surface area (Å²) < 4.78 is 7.96. The van der Waals surface area contributed by atoms with E-state index in [0.29, 0.717) is 27.8 Å². The van der Waals surface area contributed by atoms with Gasteiger partial charge in [-0.15, -0.1) is 10.2 Å². The zero-order valence-electron chi connectivity index (χ0n) is 17.1. The van der Waals surface area contributed by atoms with Gasteiger partial charge < -0.3 is 10.1 Å². The minimum absolute atomic E-state index is 0.169. The summed E-state index contributed by atoms with van der Waals surface area (Å²) in [4.78, 5) is 13.0. The molecule has 0 aliphatic heterocycles. The van der Waals surface area contributed by atoms with Crippen LogP contribution in [0.5, 0.6) is 5.75 Å². The number of carbonyl (C=O) groups is 1. The number of anilines is 1. The number of nitrogens with zero attached hydrogens (tertiary/aromatic N) is 4. The first-order valence-corrected chi connectivity index (χ1v) is 10.8. The molecule has 0 bridgehead atoms. The van der Waals surface area contributed by atoms with Gasteiger partial charge in [0, 0.05) is 9.50 Å². The molecule has 2 aromatic heterocycles. The molecule has 1 amide bonds. The first-order chi connectivity index (χ1) is 14.9. The quantitative estimate of drug-likeness (QED) is 0.400. The molecule has 0 saturated heterocycles. The third-order valence-electron chi connectivity index (χ3n) is 4.93. The Balaban J connectivity index is 1.77. The van der Waals surface area contributed by atoms with Crippen molar-refractivity contribution >= 4 is 44.8 Å². The van der Waals surface area contributed by atoms with Gasteiger partial charge in [0.2, 0.25) is 0 Å². The third-order valence-corrected chi connectivity index (χ3v) is 5.70. The van der Waals surface area contributed by atoms with Crippen LogP contribution in [0.1, 0.15) is 28.8 Å². The lowest BCUT2D eigenvalue weighted by Crippen LogP contribution is -2.19. The zero-order valence-corrected chi connectivity index (χ0v) is 19.5. The maximum Gasteiger partial charge on any atom is 0.278 e. The van der Waals surface area contributed by atoms with Gasteiger partial charge in [0.25, 0.3) is 5.91 Å². The monoisotopic (exact) mass is 499 g/mol. The SMILES string of the molecule is CCc1nn2c(C)c(C(=O)Nc3cc(Cl)ccc3OC)nnc2c1-c1ccc(Br)cc1. The van der Waals surface area contributed by atoms with Crippen LogP contribution in [0.25, 0.3) is 16.8 Å². The molecule has 2 heterocycles. The maximum absolute atomic E-state index is 13.0. The van der Waals surface area contributed by atoms with Crippen molar-refractivity contribution in [2.24, 2.45) is 0 Å². The minimum Gasteiger partial charge on any atom is -0.495 e. The molecule has 0 unspecified atom stereocenters. The van der Waals surface area contributed by atoms with E-state index in [-0.39, 0.29) is 5.69 Å². The lowest BCUT2D eigenvalue weighted by atomic mass is 10.0. The van der Waals surface area contributed by atoms with Gasteiger partial charge in [-0.2, -0.15) is 5.10 Å². The standard InChI is InChI=1S/C22H19BrClN5O2/c1-4-16-19(13-5-7-14(23)8-6-13)21-27-26-20(12(2)29(21)28-16)22(30)25-17-11-15(24)9-10-18(17)31-3/h5-11H,4H2,1-3H3,(H,25,30). The van der Waals surface area contributed by atoms with Crippen LogP contribution in [-0.2, 0) is 6.42 Å². The summed E-state index contributed by atoms with van der Waals surface area (Å²) in [5.74, 6) is 0.0699. The van der Waals surface area contributed by atoms with Crippen molar-refractivity contribution in [2.45, 2.75) is 20.3 Å². The number of amides is 1. The number of aryl methyl sites for hydroxylation is 2. The smallest absolute Gasteiger partial charge is 0.278 e. The second-order valence-electron chi connectivity index (χ2n) is 6.85. The minimum atomic E-state index is -0.425. The van der Waals surface area contributed by atoms with Gasteiger partial charge in [-0.05, 0) is 49.2 Å². The topological polar surface area (TPSA) is 81.4 Å². The van der Waals surface area contributed by atoms with Crippen LogP contribution < -0.4 is 10.1 Å². The first kappa shape index (κ1) is 21.3. The molecule has 1 N–H and O–H groups in total. The molecule has 31 heavy (non-hydrogen) atoms. The lowest BCUT2D eigenvalue weighted by Gasteiger charge is -2.11. The normalized spacial score (nSPS) is 11.0. The number of ether oxygens (including phenoxy) is 1. The molecular weight excluding hydrogens is 482 g/mol. The summed E-state index contributed by atoms with van der Waals surface area (Å²) in [6.07, 6.45) is 0.718. The Labute approximate surface area is 192 Å². The van der Waals surface area contributed by atoms with E-state index in [2.05, 4.69) is 31.4 Å². The van der Waals surface area contributed by atoms with Crippen molar-refractivity contribution in [2.75, 3.05) is 12.4 Å². The van der Waals surface area contributed by atoms with E-state index in [0.717, 1.165) is 27.7 Å². The maximum atomic E-state index is 13.0. The van der Waals surface area contributed by atoms with Crippen molar-refractivity contribution in [1.82, 2.24) is 19.8 Å². The van der Waals surface area contributed by atoms with E-state index >= 15 is 0 Å². The van der Waals surface area contributed by atoms with Crippen molar-refractivity contribution in [3.8, 4) is 16.9 Å². The van der Waals surface area contributed by atoms with E-state index < -0.39 is 5.91 Å². The molecule has 7 nitrogen and oxygen atoms in total. The number of nitrogens with one attached hydrogen (secondary N) is 1. The fraction of sp³-hybridized carbons (Fsp3) is 0.182. The van der Waals surface area contributed by atoms with Crippen LogP contribution >= 0.6 is 27.5 Å². The second-order valence-corrected chi connectivity index (χ2v) is 8.20.